The molecule has 0 aliphatic rings. The molecule has 3 rings (SSSR count). The molecule has 0 spiro atoms. The molecule has 0 amide bonds. The van der Waals surface area contributed by atoms with Gasteiger partial charge in [0.15, 0.2) is 11.0 Å². The number of nitrogens with zero attached hydrogens (tertiary/aromatic N) is 2. The molecule has 2 N–H and O–H groups in total. The largest absolute Gasteiger partial charge is 0.443 e. The van der Waals surface area contributed by atoms with Crippen molar-refractivity contribution >= 4 is 40.6 Å². The molecule has 4 nitrogen and oxygen atoms in total. The Bertz CT molecular complexity index is 803. The van der Waals surface area contributed by atoms with E-state index in [0.29, 0.717) is 38.4 Å². The molecule has 0 fully saturated rings. The second-order valence-corrected chi connectivity index (χ2v) is 5.62. The fourth-order valence-corrected chi connectivity index (χ4v) is 2.87. The summed E-state index contributed by atoms with van der Waals surface area (Å²) in [5.74, 6) is 0.936. The van der Waals surface area contributed by atoms with Gasteiger partial charge in [0.2, 0.25) is 0 Å². The summed E-state index contributed by atoms with van der Waals surface area (Å²) in [5.41, 5.74) is 7.91. The smallest absolute Gasteiger partial charge is 0.194 e. The lowest BCUT2D eigenvalue weighted by atomic mass is 10.0. The van der Waals surface area contributed by atoms with Crippen LogP contribution in [-0.4, -0.2) is 9.78 Å². The summed E-state index contributed by atoms with van der Waals surface area (Å²) in [6, 6.07) is 8.62. The number of halogens is 3. The molecule has 0 saturated carbocycles. The summed E-state index contributed by atoms with van der Waals surface area (Å²) in [7, 11) is 1.73. The molecule has 2 heterocycles. The normalized spacial score (nSPS) is 11.0. The molecule has 0 atom stereocenters. The second-order valence-electron chi connectivity index (χ2n) is 4.43. The van der Waals surface area contributed by atoms with Crippen LogP contribution in [0.25, 0.3) is 22.6 Å². The maximum atomic E-state index is 6.28. The lowest BCUT2D eigenvalue weighted by Gasteiger charge is -2.07. The van der Waals surface area contributed by atoms with Crippen LogP contribution in [0.1, 0.15) is 0 Å². The van der Waals surface area contributed by atoms with E-state index in [1.54, 1.807) is 42.1 Å². The van der Waals surface area contributed by atoms with Crippen LogP contribution < -0.4 is 5.73 Å². The molecular formula is C14H10Cl3N3O. The number of nitrogens with two attached hydrogens (primary N) is 1. The highest BCUT2D eigenvalue weighted by Gasteiger charge is 2.23. The molecule has 21 heavy (non-hydrogen) atoms. The molecule has 0 bridgehead atoms. The van der Waals surface area contributed by atoms with Gasteiger partial charge >= 0.3 is 0 Å². The molecule has 3 aromatic rings. The van der Waals surface area contributed by atoms with E-state index in [4.69, 9.17) is 45.0 Å². The summed E-state index contributed by atoms with van der Waals surface area (Å²) < 4.78 is 6.97. The van der Waals surface area contributed by atoms with Crippen molar-refractivity contribution in [3.63, 3.8) is 0 Å². The van der Waals surface area contributed by atoms with Gasteiger partial charge in [0, 0.05) is 12.6 Å². The van der Waals surface area contributed by atoms with Gasteiger partial charge in [-0.1, -0.05) is 29.3 Å². The minimum Gasteiger partial charge on any atom is -0.443 e. The maximum absolute atomic E-state index is 6.28. The number of hydrogen-bond acceptors (Lipinski definition) is 3. The highest BCUT2D eigenvalue weighted by atomic mass is 35.5. The zero-order chi connectivity index (χ0) is 15.1. The molecule has 108 valence electrons. The number of aryl methyl sites for hydroxylation is 1. The van der Waals surface area contributed by atoms with E-state index in [1.165, 1.54) is 0 Å². The van der Waals surface area contributed by atoms with E-state index in [0.717, 1.165) is 0 Å². The van der Waals surface area contributed by atoms with Gasteiger partial charge in [0.05, 0.1) is 15.6 Å². The molecule has 7 heteroatoms. The van der Waals surface area contributed by atoms with E-state index in [-0.39, 0.29) is 5.22 Å². The fraction of sp³-hybridized carbons (Fsp3) is 0.0714. The first-order chi connectivity index (χ1) is 9.99. The molecular weight excluding hydrogens is 333 g/mol. The minimum atomic E-state index is 0.269. The maximum Gasteiger partial charge on any atom is 0.194 e. The van der Waals surface area contributed by atoms with Crippen LogP contribution in [0.2, 0.25) is 15.3 Å². The Morgan fingerprint density at radius 1 is 1.05 bits per heavy atom. The van der Waals surface area contributed by atoms with Gasteiger partial charge in [-0.2, -0.15) is 5.10 Å². The Hall–Kier alpha value is -1.62. The minimum absolute atomic E-state index is 0.269. The highest BCUT2D eigenvalue weighted by Crippen LogP contribution is 2.43. The lowest BCUT2D eigenvalue weighted by Crippen LogP contribution is -1.98. The van der Waals surface area contributed by atoms with Crippen molar-refractivity contribution in [2.45, 2.75) is 0 Å². The van der Waals surface area contributed by atoms with Crippen molar-refractivity contribution in [3.05, 3.63) is 45.6 Å². The zero-order valence-electron chi connectivity index (χ0n) is 10.9. The van der Waals surface area contributed by atoms with E-state index >= 15 is 0 Å². The number of furan rings is 1. The fourth-order valence-electron chi connectivity index (χ4n) is 2.13. The van der Waals surface area contributed by atoms with Gasteiger partial charge in [-0.25, -0.2) is 0 Å². The summed E-state index contributed by atoms with van der Waals surface area (Å²) in [6.45, 7) is 0. The predicted molar refractivity (Wildman–Crippen MR) is 85.8 cm³/mol. The first kappa shape index (κ1) is 14.3. The molecule has 0 aliphatic carbocycles. The average molecular weight is 343 g/mol. The number of aromatic nitrogens is 2. The molecule has 2 aromatic heterocycles. The third kappa shape index (κ3) is 2.39. The second kappa shape index (κ2) is 5.30. The van der Waals surface area contributed by atoms with Crippen LogP contribution in [0.5, 0.6) is 0 Å². The monoisotopic (exact) mass is 341 g/mol. The highest BCUT2D eigenvalue weighted by molar-refractivity contribution is 6.39. The first-order valence-corrected chi connectivity index (χ1v) is 7.15. The predicted octanol–water partition coefficient (Wildman–Crippen LogP) is 4.89. The van der Waals surface area contributed by atoms with Crippen LogP contribution >= 0.6 is 34.8 Å². The van der Waals surface area contributed by atoms with Crippen LogP contribution in [0.3, 0.4) is 0 Å². The Balaban J connectivity index is 2.32. The number of anilines is 1. The molecule has 0 unspecified atom stereocenters. The van der Waals surface area contributed by atoms with Gasteiger partial charge in [-0.05, 0) is 35.9 Å². The van der Waals surface area contributed by atoms with Crippen molar-refractivity contribution < 1.29 is 4.42 Å². The Morgan fingerprint density at radius 3 is 2.29 bits per heavy atom. The van der Waals surface area contributed by atoms with Crippen molar-refractivity contribution in [3.8, 4) is 22.6 Å². The summed E-state index contributed by atoms with van der Waals surface area (Å²) >= 11 is 18.4. The van der Waals surface area contributed by atoms with E-state index in [1.807, 2.05) is 0 Å². The standard InChI is InChI=1S/C14H10Cl3N3O/c1-20-14(18)12(11-7(15)3-2-4-8(11)16)13(19-20)9-5-6-10(17)21-9/h2-6H,18H2,1H3. The van der Waals surface area contributed by atoms with Crippen LogP contribution in [-0.2, 0) is 7.05 Å². The Labute approximate surface area is 136 Å². The van der Waals surface area contributed by atoms with Crippen molar-refractivity contribution in [2.24, 2.45) is 7.05 Å². The summed E-state index contributed by atoms with van der Waals surface area (Å²) in [4.78, 5) is 0. The number of rotatable bonds is 2. The summed E-state index contributed by atoms with van der Waals surface area (Å²) in [6.07, 6.45) is 0. The van der Waals surface area contributed by atoms with Crippen LogP contribution in [0.4, 0.5) is 5.82 Å². The van der Waals surface area contributed by atoms with Crippen molar-refractivity contribution in [1.29, 1.82) is 0 Å². The molecule has 0 saturated heterocycles. The number of nitrogen functional groups attached to an aromatic ring is 1. The van der Waals surface area contributed by atoms with E-state index in [2.05, 4.69) is 5.10 Å². The van der Waals surface area contributed by atoms with Crippen LogP contribution in [0, 0.1) is 0 Å². The lowest BCUT2D eigenvalue weighted by molar-refractivity contribution is 0.580. The SMILES string of the molecule is Cn1nc(-c2ccc(Cl)o2)c(-c2c(Cl)cccc2Cl)c1N. The van der Waals surface area contributed by atoms with Gasteiger partial charge in [-0.3, -0.25) is 4.68 Å². The van der Waals surface area contributed by atoms with Crippen molar-refractivity contribution in [1.82, 2.24) is 9.78 Å². The first-order valence-electron chi connectivity index (χ1n) is 6.01. The van der Waals surface area contributed by atoms with Gasteiger partial charge in [0.25, 0.3) is 0 Å². The van der Waals surface area contributed by atoms with Gasteiger partial charge in [-0.15, -0.1) is 0 Å². The zero-order valence-corrected chi connectivity index (χ0v) is 13.2. The third-order valence-corrected chi connectivity index (χ3v) is 3.94. The Morgan fingerprint density at radius 2 is 1.71 bits per heavy atom. The average Bonchev–Trinajstić information content (AvgIpc) is 2.97. The number of benzene rings is 1. The third-order valence-electron chi connectivity index (χ3n) is 3.11. The van der Waals surface area contributed by atoms with Gasteiger partial charge < -0.3 is 10.2 Å². The summed E-state index contributed by atoms with van der Waals surface area (Å²) in [5, 5.41) is 5.62. The van der Waals surface area contributed by atoms with E-state index in [9.17, 15) is 0 Å². The van der Waals surface area contributed by atoms with Crippen LogP contribution in [0.15, 0.2) is 34.7 Å². The number of hydrogen-bond donors (Lipinski definition) is 1. The quantitative estimate of drug-likeness (QED) is 0.721. The molecule has 0 aliphatic heterocycles. The molecule has 1 aromatic carbocycles. The topological polar surface area (TPSA) is 57.0 Å². The van der Waals surface area contributed by atoms with E-state index < -0.39 is 0 Å². The Kier molecular flexibility index (Phi) is 3.61. The van der Waals surface area contributed by atoms with Gasteiger partial charge in [0.1, 0.15) is 11.5 Å². The molecule has 0 radical (unpaired) electrons. The van der Waals surface area contributed by atoms with Crippen molar-refractivity contribution in [2.75, 3.05) is 5.73 Å².